The van der Waals surface area contributed by atoms with Crippen LogP contribution >= 0.6 is 0 Å². The topological polar surface area (TPSA) is 92.5 Å². The SMILES string of the molecule is CCC(C)(O)CC.Cc1ccc2c(-c3ccc4c5c(ccnc35)CCO4)c(CC(=O)O)c(C)cc2n1. The normalized spacial score (nSPS) is 12.7. The highest BCUT2D eigenvalue weighted by Gasteiger charge is 2.22. The number of aryl methyl sites for hydroxylation is 2. The van der Waals surface area contributed by atoms with E-state index in [0.717, 1.165) is 74.8 Å². The van der Waals surface area contributed by atoms with Gasteiger partial charge in [0.05, 0.1) is 29.7 Å². The van der Waals surface area contributed by atoms with Crippen molar-refractivity contribution in [2.45, 2.75) is 65.9 Å². The van der Waals surface area contributed by atoms with Crippen molar-refractivity contribution in [3.8, 4) is 16.9 Å². The zero-order valence-electron chi connectivity index (χ0n) is 21.7. The van der Waals surface area contributed by atoms with E-state index in [1.165, 1.54) is 5.56 Å². The number of fused-ring (bicyclic) bond motifs is 1. The predicted octanol–water partition coefficient (Wildman–Crippen LogP) is 6.19. The zero-order chi connectivity index (χ0) is 26.0. The summed E-state index contributed by atoms with van der Waals surface area (Å²) in [6.07, 6.45) is 4.32. The second-order valence-electron chi connectivity index (χ2n) is 9.74. The van der Waals surface area contributed by atoms with Crippen LogP contribution in [0.3, 0.4) is 0 Å². The van der Waals surface area contributed by atoms with Crippen molar-refractivity contribution in [2.24, 2.45) is 0 Å². The van der Waals surface area contributed by atoms with Gasteiger partial charge < -0.3 is 14.9 Å². The monoisotopic (exact) mass is 486 g/mol. The molecule has 0 saturated carbocycles. The quantitative estimate of drug-likeness (QED) is 0.350. The van der Waals surface area contributed by atoms with Gasteiger partial charge in [0.2, 0.25) is 0 Å². The molecule has 2 N–H and O–H groups in total. The zero-order valence-corrected chi connectivity index (χ0v) is 21.7. The van der Waals surface area contributed by atoms with E-state index in [2.05, 4.69) is 4.98 Å². The lowest BCUT2D eigenvalue weighted by Crippen LogP contribution is -2.20. The highest BCUT2D eigenvalue weighted by atomic mass is 16.5. The molecule has 0 radical (unpaired) electrons. The molecule has 1 aliphatic heterocycles. The van der Waals surface area contributed by atoms with Crippen LogP contribution in [0.4, 0.5) is 0 Å². The van der Waals surface area contributed by atoms with Crippen LogP contribution in [0.5, 0.6) is 5.75 Å². The Bertz CT molecular complexity index is 1430. The van der Waals surface area contributed by atoms with Crippen molar-refractivity contribution in [1.29, 1.82) is 0 Å². The van der Waals surface area contributed by atoms with Crippen LogP contribution in [0, 0.1) is 13.8 Å². The molecule has 2 aromatic heterocycles. The van der Waals surface area contributed by atoms with Crippen molar-refractivity contribution < 1.29 is 19.7 Å². The first kappa shape index (κ1) is 25.6. The van der Waals surface area contributed by atoms with Crippen molar-refractivity contribution in [2.75, 3.05) is 6.61 Å². The van der Waals surface area contributed by atoms with Gasteiger partial charge in [0, 0.05) is 34.6 Å². The molecule has 6 heteroatoms. The molecular weight excluding hydrogens is 452 g/mol. The Kier molecular flexibility index (Phi) is 7.27. The molecule has 188 valence electrons. The minimum absolute atomic E-state index is 0.0512. The molecule has 5 rings (SSSR count). The summed E-state index contributed by atoms with van der Waals surface area (Å²) in [5.41, 5.74) is 6.98. The average molecular weight is 487 g/mol. The minimum atomic E-state index is -0.854. The van der Waals surface area contributed by atoms with E-state index in [9.17, 15) is 9.90 Å². The van der Waals surface area contributed by atoms with Crippen LogP contribution in [0.15, 0.2) is 42.6 Å². The van der Waals surface area contributed by atoms with Gasteiger partial charge in [-0.25, -0.2) is 0 Å². The third-order valence-corrected chi connectivity index (χ3v) is 7.15. The molecule has 36 heavy (non-hydrogen) atoms. The molecule has 2 aromatic carbocycles. The van der Waals surface area contributed by atoms with Crippen molar-refractivity contribution in [1.82, 2.24) is 9.97 Å². The number of carbonyl (C=O) groups is 1. The number of aromatic nitrogens is 2. The molecule has 6 nitrogen and oxygen atoms in total. The molecule has 0 amide bonds. The van der Waals surface area contributed by atoms with E-state index in [0.29, 0.717) is 6.61 Å². The highest BCUT2D eigenvalue weighted by molar-refractivity contribution is 6.07. The summed E-state index contributed by atoms with van der Waals surface area (Å²) in [4.78, 5) is 21.1. The van der Waals surface area contributed by atoms with E-state index in [1.54, 1.807) is 0 Å². The third kappa shape index (κ3) is 5.05. The number of aliphatic hydroxyl groups is 1. The first-order chi connectivity index (χ1) is 17.1. The predicted molar refractivity (Wildman–Crippen MR) is 144 cm³/mol. The fourth-order valence-electron chi connectivity index (χ4n) is 4.59. The van der Waals surface area contributed by atoms with Gasteiger partial charge in [0.15, 0.2) is 0 Å². The number of hydrogen-bond acceptors (Lipinski definition) is 5. The first-order valence-electron chi connectivity index (χ1n) is 12.5. The molecule has 1 aliphatic rings. The molecule has 3 heterocycles. The molecule has 0 atom stereocenters. The molecular formula is C30H34N2O4. The molecule has 0 spiro atoms. The summed E-state index contributed by atoms with van der Waals surface area (Å²) >= 11 is 0. The summed E-state index contributed by atoms with van der Waals surface area (Å²) in [6, 6.07) is 12.0. The number of benzene rings is 2. The van der Waals surface area contributed by atoms with Gasteiger partial charge in [0.1, 0.15) is 5.75 Å². The lowest BCUT2D eigenvalue weighted by atomic mass is 9.88. The van der Waals surface area contributed by atoms with Crippen LogP contribution in [0.2, 0.25) is 0 Å². The molecule has 4 aromatic rings. The fourth-order valence-corrected chi connectivity index (χ4v) is 4.59. The summed E-state index contributed by atoms with van der Waals surface area (Å²) in [5.74, 6) is -0.0170. The fraction of sp³-hybridized carbons (Fsp3) is 0.367. The number of pyridine rings is 2. The van der Waals surface area contributed by atoms with Crippen molar-refractivity contribution in [3.63, 3.8) is 0 Å². The van der Waals surface area contributed by atoms with Crippen LogP contribution < -0.4 is 4.74 Å². The molecule has 0 fully saturated rings. The Hall–Kier alpha value is -3.51. The van der Waals surface area contributed by atoms with Gasteiger partial charge in [0.25, 0.3) is 0 Å². The maximum Gasteiger partial charge on any atom is 0.307 e. The Morgan fingerprint density at radius 3 is 2.53 bits per heavy atom. The molecule has 0 bridgehead atoms. The van der Waals surface area contributed by atoms with E-state index < -0.39 is 11.6 Å². The van der Waals surface area contributed by atoms with Crippen LogP contribution in [0.1, 0.15) is 56.0 Å². The van der Waals surface area contributed by atoms with Gasteiger partial charge in [-0.3, -0.25) is 14.8 Å². The summed E-state index contributed by atoms with van der Waals surface area (Å²) in [7, 11) is 0. The Labute approximate surface area is 212 Å². The van der Waals surface area contributed by atoms with E-state index in [-0.39, 0.29) is 6.42 Å². The van der Waals surface area contributed by atoms with Gasteiger partial charge in [-0.2, -0.15) is 0 Å². The second kappa shape index (κ2) is 10.2. The van der Waals surface area contributed by atoms with E-state index in [1.807, 2.05) is 77.2 Å². The van der Waals surface area contributed by atoms with Crippen LogP contribution in [-0.4, -0.2) is 38.4 Å². The maximum atomic E-state index is 11.7. The number of nitrogens with zero attached hydrogens (tertiary/aromatic N) is 2. The molecule has 0 aliphatic carbocycles. The minimum Gasteiger partial charge on any atom is -0.493 e. The molecule has 0 unspecified atom stereocenters. The van der Waals surface area contributed by atoms with Gasteiger partial charge in [-0.1, -0.05) is 19.9 Å². The van der Waals surface area contributed by atoms with Gasteiger partial charge >= 0.3 is 5.97 Å². The second-order valence-corrected chi connectivity index (χ2v) is 9.74. The number of carboxylic acid groups (broad SMARTS) is 1. The number of hydrogen-bond donors (Lipinski definition) is 2. The standard InChI is InChI=1S/C24H20N2O3.C6H14O/c1-13-11-19-16(4-3-14(2)26-19)23(18(13)12-21(27)28)17-5-6-20-22-15(8-10-29-20)7-9-25-24(17)22;1-4-6(3,7)5-2/h3-7,9,11H,8,10,12H2,1-2H3,(H,27,28);7H,4-5H2,1-3H3. The average Bonchev–Trinajstić information content (AvgIpc) is 2.86. The Morgan fingerprint density at radius 2 is 1.86 bits per heavy atom. The lowest BCUT2D eigenvalue weighted by molar-refractivity contribution is -0.136. The van der Waals surface area contributed by atoms with Crippen molar-refractivity contribution in [3.05, 3.63) is 65.0 Å². The molecule has 0 saturated heterocycles. The van der Waals surface area contributed by atoms with E-state index >= 15 is 0 Å². The smallest absolute Gasteiger partial charge is 0.307 e. The van der Waals surface area contributed by atoms with Crippen molar-refractivity contribution >= 4 is 27.8 Å². The number of aliphatic carboxylic acids is 1. The summed E-state index contributed by atoms with van der Waals surface area (Å²) in [6.45, 7) is 10.4. The van der Waals surface area contributed by atoms with Crippen LogP contribution in [-0.2, 0) is 17.6 Å². The van der Waals surface area contributed by atoms with E-state index in [4.69, 9.17) is 14.8 Å². The third-order valence-electron chi connectivity index (χ3n) is 7.15. The van der Waals surface area contributed by atoms with Gasteiger partial charge in [-0.15, -0.1) is 0 Å². The summed E-state index contributed by atoms with van der Waals surface area (Å²) < 4.78 is 5.86. The first-order valence-corrected chi connectivity index (χ1v) is 12.5. The lowest BCUT2D eigenvalue weighted by Gasteiger charge is -2.21. The number of ether oxygens (including phenoxy) is 1. The number of rotatable bonds is 5. The summed E-state index contributed by atoms with van der Waals surface area (Å²) in [5, 5.41) is 20.7. The number of carboxylic acids is 1. The Morgan fingerprint density at radius 1 is 1.11 bits per heavy atom. The maximum absolute atomic E-state index is 11.7. The van der Waals surface area contributed by atoms with Crippen LogP contribution in [0.25, 0.3) is 32.9 Å². The Balaban J connectivity index is 0.000000384. The van der Waals surface area contributed by atoms with Gasteiger partial charge in [-0.05, 0) is 86.2 Å². The highest BCUT2D eigenvalue weighted by Crippen LogP contribution is 2.42. The largest absolute Gasteiger partial charge is 0.493 e.